The Hall–Kier alpha value is -4.86. The number of ether oxygens (including phenoxy) is 1. The van der Waals surface area contributed by atoms with Crippen molar-refractivity contribution in [1.29, 1.82) is 0 Å². The van der Waals surface area contributed by atoms with Crippen LogP contribution in [0.5, 0.6) is 5.75 Å². The molecular weight excluding hydrogens is 564 g/mol. The van der Waals surface area contributed by atoms with Crippen LogP contribution in [0.4, 0.5) is 0 Å². The van der Waals surface area contributed by atoms with Gasteiger partial charge in [-0.2, -0.15) is 0 Å². The van der Waals surface area contributed by atoms with Crippen LogP contribution in [0.2, 0.25) is 0 Å². The number of phenols is 1. The summed E-state index contributed by atoms with van der Waals surface area (Å²) >= 11 is 0. The molecule has 0 bridgehead atoms. The molecule has 0 spiro atoms. The Labute approximate surface area is 263 Å². The zero-order valence-corrected chi connectivity index (χ0v) is 25.8. The van der Waals surface area contributed by atoms with E-state index in [9.17, 15) is 9.90 Å². The van der Waals surface area contributed by atoms with Gasteiger partial charge in [-0.25, -0.2) is 9.48 Å². The lowest BCUT2D eigenvalue weighted by atomic mass is 9.92. The SMILES string of the molecule is COC(=O)c1cccc(Cn2nnnc2-c2ccc([C@H](c3cccc(O)c3)N3C[C@@H](C)N(Cc4ccccc4)C[C@@H]3C)cc2)c1. The number of carbonyl (C=O) groups excluding carboxylic acids is 1. The fraction of sp³-hybridized carbons (Fsp3) is 0.278. The number of hydrogen-bond donors (Lipinski definition) is 1. The molecule has 1 N–H and O–H groups in total. The van der Waals surface area contributed by atoms with Crippen LogP contribution in [0.15, 0.2) is 103 Å². The van der Waals surface area contributed by atoms with Gasteiger partial charge < -0.3 is 9.84 Å². The first-order valence-electron chi connectivity index (χ1n) is 15.3. The molecule has 1 aliphatic heterocycles. The van der Waals surface area contributed by atoms with Gasteiger partial charge in [-0.15, -0.1) is 5.10 Å². The summed E-state index contributed by atoms with van der Waals surface area (Å²) in [5.74, 6) is 0.510. The average Bonchev–Trinajstić information content (AvgIpc) is 3.52. The predicted octanol–water partition coefficient (Wildman–Crippen LogP) is 5.56. The number of benzene rings is 4. The van der Waals surface area contributed by atoms with Crippen LogP contribution in [0.1, 0.15) is 52.5 Å². The highest BCUT2D eigenvalue weighted by molar-refractivity contribution is 5.89. The highest BCUT2D eigenvalue weighted by Gasteiger charge is 2.35. The van der Waals surface area contributed by atoms with Crippen molar-refractivity contribution in [1.82, 2.24) is 30.0 Å². The fourth-order valence-electron chi connectivity index (χ4n) is 6.31. The van der Waals surface area contributed by atoms with Crippen LogP contribution in [-0.4, -0.2) is 73.4 Å². The zero-order chi connectivity index (χ0) is 31.3. The van der Waals surface area contributed by atoms with Crippen molar-refractivity contribution < 1.29 is 14.6 Å². The van der Waals surface area contributed by atoms with Gasteiger partial charge in [0.25, 0.3) is 0 Å². The molecular formula is C36H38N6O3. The van der Waals surface area contributed by atoms with E-state index in [1.807, 2.05) is 24.3 Å². The third kappa shape index (κ3) is 6.79. The van der Waals surface area contributed by atoms with E-state index < -0.39 is 0 Å². The second kappa shape index (κ2) is 13.4. The maximum Gasteiger partial charge on any atom is 0.337 e. The highest BCUT2D eigenvalue weighted by atomic mass is 16.5. The summed E-state index contributed by atoms with van der Waals surface area (Å²) in [6.07, 6.45) is 0. The molecule has 0 radical (unpaired) electrons. The minimum absolute atomic E-state index is 0.0421. The number of aromatic hydroxyl groups is 1. The summed E-state index contributed by atoms with van der Waals surface area (Å²) in [5, 5.41) is 22.9. The lowest BCUT2D eigenvalue weighted by molar-refractivity contribution is 0.0195. The summed E-state index contributed by atoms with van der Waals surface area (Å²) in [5.41, 5.74) is 5.76. The zero-order valence-electron chi connectivity index (χ0n) is 25.8. The van der Waals surface area contributed by atoms with E-state index in [-0.39, 0.29) is 23.8 Å². The number of rotatable bonds is 9. The second-order valence-electron chi connectivity index (χ2n) is 11.8. The number of hydrogen-bond acceptors (Lipinski definition) is 8. The Morgan fingerprint density at radius 2 is 1.60 bits per heavy atom. The van der Waals surface area contributed by atoms with E-state index in [2.05, 4.69) is 99.8 Å². The molecule has 45 heavy (non-hydrogen) atoms. The van der Waals surface area contributed by atoms with Crippen molar-refractivity contribution >= 4 is 5.97 Å². The third-order valence-electron chi connectivity index (χ3n) is 8.61. The van der Waals surface area contributed by atoms with Crippen molar-refractivity contribution in [3.05, 3.63) is 131 Å². The number of phenolic OH excluding ortho intramolecular Hbond substituents is 1. The molecule has 9 nitrogen and oxygen atoms in total. The summed E-state index contributed by atoms with van der Waals surface area (Å²) in [4.78, 5) is 17.1. The van der Waals surface area contributed by atoms with Gasteiger partial charge in [0.05, 0.1) is 25.3 Å². The van der Waals surface area contributed by atoms with E-state index >= 15 is 0 Å². The van der Waals surface area contributed by atoms with Crippen molar-refractivity contribution in [3.63, 3.8) is 0 Å². The Morgan fingerprint density at radius 3 is 2.36 bits per heavy atom. The molecule has 5 aromatic rings. The first kappa shape index (κ1) is 30.2. The smallest absolute Gasteiger partial charge is 0.337 e. The Bertz CT molecular complexity index is 1740. The van der Waals surface area contributed by atoms with Crippen molar-refractivity contribution in [2.24, 2.45) is 0 Å². The minimum atomic E-state index is -0.382. The Kier molecular flexibility index (Phi) is 9.00. The van der Waals surface area contributed by atoms with Crippen LogP contribution in [-0.2, 0) is 17.8 Å². The van der Waals surface area contributed by atoms with E-state index in [4.69, 9.17) is 4.74 Å². The molecule has 6 rings (SSSR count). The van der Waals surface area contributed by atoms with Gasteiger partial charge in [0.2, 0.25) is 0 Å². The van der Waals surface area contributed by atoms with E-state index in [1.54, 1.807) is 22.9 Å². The first-order chi connectivity index (χ1) is 21.9. The lowest BCUT2D eigenvalue weighted by Gasteiger charge is -2.47. The molecule has 1 aliphatic rings. The van der Waals surface area contributed by atoms with Gasteiger partial charge in [0.1, 0.15) is 5.75 Å². The summed E-state index contributed by atoms with van der Waals surface area (Å²) in [6.45, 7) is 7.74. The minimum Gasteiger partial charge on any atom is -0.508 e. The number of carbonyl (C=O) groups is 1. The van der Waals surface area contributed by atoms with Gasteiger partial charge in [-0.05, 0) is 70.8 Å². The molecule has 1 fully saturated rings. The van der Waals surface area contributed by atoms with Gasteiger partial charge in [0.15, 0.2) is 5.82 Å². The summed E-state index contributed by atoms with van der Waals surface area (Å²) < 4.78 is 6.60. The number of piperazine rings is 1. The fourth-order valence-corrected chi connectivity index (χ4v) is 6.31. The number of esters is 1. The van der Waals surface area contributed by atoms with Crippen LogP contribution < -0.4 is 0 Å². The number of methoxy groups -OCH3 is 1. The molecule has 1 aromatic heterocycles. The Balaban J connectivity index is 1.26. The van der Waals surface area contributed by atoms with Gasteiger partial charge in [0, 0.05) is 37.3 Å². The topological polar surface area (TPSA) is 96.6 Å². The second-order valence-corrected chi connectivity index (χ2v) is 11.8. The van der Waals surface area contributed by atoms with Gasteiger partial charge in [-0.1, -0.05) is 78.9 Å². The largest absolute Gasteiger partial charge is 0.508 e. The number of aromatic nitrogens is 4. The van der Waals surface area contributed by atoms with E-state index in [0.29, 0.717) is 24.0 Å². The quantitative estimate of drug-likeness (QED) is 0.219. The van der Waals surface area contributed by atoms with E-state index in [1.165, 1.54) is 12.7 Å². The molecule has 0 saturated carbocycles. The monoisotopic (exact) mass is 602 g/mol. The molecule has 3 atom stereocenters. The van der Waals surface area contributed by atoms with Crippen LogP contribution >= 0.6 is 0 Å². The average molecular weight is 603 g/mol. The van der Waals surface area contributed by atoms with Gasteiger partial charge in [-0.3, -0.25) is 9.80 Å². The molecule has 0 aliphatic carbocycles. The molecule has 4 aromatic carbocycles. The van der Waals surface area contributed by atoms with Crippen molar-refractivity contribution in [2.75, 3.05) is 20.2 Å². The molecule has 1 saturated heterocycles. The molecule has 0 unspecified atom stereocenters. The van der Waals surface area contributed by atoms with E-state index in [0.717, 1.165) is 41.9 Å². The van der Waals surface area contributed by atoms with Crippen molar-refractivity contribution in [2.45, 2.75) is 45.1 Å². The lowest BCUT2D eigenvalue weighted by Crippen LogP contribution is -2.56. The summed E-state index contributed by atoms with van der Waals surface area (Å²) in [7, 11) is 1.37. The number of nitrogens with zero attached hydrogens (tertiary/aromatic N) is 6. The summed E-state index contributed by atoms with van der Waals surface area (Å²) in [6, 6.07) is 34.5. The normalized spacial score (nSPS) is 18.0. The van der Waals surface area contributed by atoms with Gasteiger partial charge >= 0.3 is 5.97 Å². The Morgan fingerprint density at radius 1 is 0.844 bits per heavy atom. The third-order valence-corrected chi connectivity index (χ3v) is 8.61. The first-order valence-corrected chi connectivity index (χ1v) is 15.3. The highest BCUT2D eigenvalue weighted by Crippen LogP contribution is 2.35. The number of tetrazole rings is 1. The molecule has 0 amide bonds. The van der Waals surface area contributed by atoms with Crippen molar-refractivity contribution in [3.8, 4) is 17.1 Å². The maximum absolute atomic E-state index is 12.0. The van der Waals surface area contributed by atoms with Crippen LogP contribution in [0.25, 0.3) is 11.4 Å². The van der Waals surface area contributed by atoms with Crippen LogP contribution in [0, 0.1) is 0 Å². The molecule has 9 heteroatoms. The van der Waals surface area contributed by atoms with Crippen LogP contribution in [0.3, 0.4) is 0 Å². The standard InChI is InChI=1S/C36H38N6O3/c1-25-22-41(26(2)21-40(25)23-27-9-5-4-6-10-27)34(31-12-8-14-33(43)20-31)29-15-17-30(18-16-29)35-37-38-39-42(35)24-28-11-7-13-32(19-28)36(44)45-3/h4-20,25-26,34,43H,21-24H2,1-3H3/t25-,26+,34-/m1/s1. The molecule has 2 heterocycles. The maximum atomic E-state index is 12.0. The molecule has 230 valence electrons. The predicted molar refractivity (Wildman–Crippen MR) is 173 cm³/mol.